The van der Waals surface area contributed by atoms with Crippen LogP contribution in [-0.4, -0.2) is 45.7 Å². The molecule has 3 aromatic rings. The van der Waals surface area contributed by atoms with E-state index in [0.717, 1.165) is 18.9 Å². The summed E-state index contributed by atoms with van der Waals surface area (Å²) in [6, 6.07) is 0.499. The Kier molecular flexibility index (Phi) is 5.54. The summed E-state index contributed by atoms with van der Waals surface area (Å²) in [5, 5.41) is 9.14. The summed E-state index contributed by atoms with van der Waals surface area (Å²) in [7, 11) is 0. The zero-order valence-electron chi connectivity index (χ0n) is 19.5. The van der Waals surface area contributed by atoms with Gasteiger partial charge in [-0.05, 0) is 39.7 Å². The van der Waals surface area contributed by atoms with Gasteiger partial charge < -0.3 is 23.4 Å². The van der Waals surface area contributed by atoms with Gasteiger partial charge in [-0.1, -0.05) is 0 Å². The third-order valence-corrected chi connectivity index (χ3v) is 6.93. The van der Waals surface area contributed by atoms with Crippen LogP contribution in [0, 0.1) is 18.6 Å². The lowest BCUT2D eigenvalue weighted by atomic mass is 10.0. The fourth-order valence-corrected chi connectivity index (χ4v) is 5.05. The number of nitrogens with zero attached hydrogens (tertiary/aromatic N) is 3. The molecule has 2 atom stereocenters. The lowest BCUT2D eigenvalue weighted by Gasteiger charge is -2.45. The van der Waals surface area contributed by atoms with Crippen molar-refractivity contribution in [3.05, 3.63) is 61.8 Å². The number of piperazine rings is 1. The van der Waals surface area contributed by atoms with Crippen molar-refractivity contribution < 1.29 is 27.5 Å². The Labute approximate surface area is 198 Å². The van der Waals surface area contributed by atoms with Crippen molar-refractivity contribution in [2.75, 3.05) is 18.0 Å². The Balaban J connectivity index is 1.54. The van der Waals surface area contributed by atoms with E-state index in [-0.39, 0.29) is 47.8 Å². The molecule has 2 fully saturated rings. The van der Waals surface area contributed by atoms with Crippen molar-refractivity contribution in [3.8, 4) is 0 Å². The van der Waals surface area contributed by atoms with Crippen LogP contribution in [0.15, 0.2) is 30.7 Å². The summed E-state index contributed by atoms with van der Waals surface area (Å²) in [6.45, 7) is 6.34. The summed E-state index contributed by atoms with van der Waals surface area (Å²) >= 11 is 0. The Morgan fingerprint density at radius 2 is 1.80 bits per heavy atom. The maximum atomic E-state index is 16.0. The number of hydrogen-bond acceptors (Lipinski definition) is 7. The fourth-order valence-electron chi connectivity index (χ4n) is 5.05. The number of aromatic nitrogens is 1. The SMILES string of the molecule is Cc1oc(=O)oc1CN1C(C)CN(c2c(F)cc3c(=O)c(C(=O)O)cn(C4CC4)c3c2F)CC1C. The highest BCUT2D eigenvalue weighted by atomic mass is 19.1. The van der Waals surface area contributed by atoms with Crippen LogP contribution in [0.3, 0.4) is 0 Å². The molecule has 1 aromatic carbocycles. The molecule has 1 saturated heterocycles. The first kappa shape index (κ1) is 23.3. The number of hydrogen-bond donors (Lipinski definition) is 1. The second-order valence-corrected chi connectivity index (χ2v) is 9.44. The Bertz CT molecular complexity index is 1440. The van der Waals surface area contributed by atoms with E-state index < -0.39 is 34.4 Å². The zero-order valence-corrected chi connectivity index (χ0v) is 19.5. The molecule has 2 aromatic heterocycles. The molecule has 3 heterocycles. The third kappa shape index (κ3) is 3.93. The highest BCUT2D eigenvalue weighted by Gasteiger charge is 2.35. The second kappa shape index (κ2) is 8.33. The van der Waals surface area contributed by atoms with Crippen LogP contribution >= 0.6 is 0 Å². The number of pyridine rings is 1. The second-order valence-electron chi connectivity index (χ2n) is 9.44. The number of anilines is 1. The van der Waals surface area contributed by atoms with Crippen LogP contribution in [0.5, 0.6) is 0 Å². The number of rotatable bonds is 5. The topological polar surface area (TPSA) is 109 Å². The van der Waals surface area contributed by atoms with Crippen molar-refractivity contribution in [1.82, 2.24) is 9.47 Å². The molecule has 1 N–H and O–H groups in total. The molecular weight excluding hydrogens is 464 g/mol. The van der Waals surface area contributed by atoms with Crippen molar-refractivity contribution >= 4 is 22.6 Å². The van der Waals surface area contributed by atoms with Crippen molar-refractivity contribution in [2.24, 2.45) is 0 Å². The maximum Gasteiger partial charge on any atom is 0.519 e. The van der Waals surface area contributed by atoms with E-state index in [0.29, 0.717) is 18.1 Å². The van der Waals surface area contributed by atoms with Crippen LogP contribution in [0.1, 0.15) is 54.6 Å². The molecule has 2 aliphatic rings. The number of carboxylic acid groups (broad SMARTS) is 1. The number of aryl methyl sites for hydroxylation is 1. The fraction of sp³-hybridized carbons (Fsp3) is 0.458. The highest BCUT2D eigenvalue weighted by Crippen LogP contribution is 2.40. The van der Waals surface area contributed by atoms with Crippen molar-refractivity contribution in [3.63, 3.8) is 0 Å². The van der Waals surface area contributed by atoms with E-state index in [1.807, 2.05) is 13.8 Å². The number of carboxylic acids is 1. The molecule has 186 valence electrons. The van der Waals surface area contributed by atoms with Gasteiger partial charge in [-0.2, -0.15) is 0 Å². The summed E-state index contributed by atoms with van der Waals surface area (Å²) in [5.41, 5.74) is -1.72. The predicted molar refractivity (Wildman–Crippen MR) is 122 cm³/mol. The number of halogens is 2. The standard InChI is InChI=1S/C24H25F2N3O6/c1-11-7-27(8-12(2)28(11)10-18-13(3)34-24(33)35-18)21-17(25)6-15-20(19(21)26)29(14-4-5-14)9-16(22(15)30)23(31)32/h6,9,11-12,14H,4-5,7-8,10H2,1-3H3,(H,31,32). The largest absolute Gasteiger partial charge is 0.519 e. The first-order valence-electron chi connectivity index (χ1n) is 11.5. The smallest absolute Gasteiger partial charge is 0.477 e. The summed E-state index contributed by atoms with van der Waals surface area (Å²) < 4.78 is 42.8. The van der Waals surface area contributed by atoms with Gasteiger partial charge >= 0.3 is 11.8 Å². The Morgan fingerprint density at radius 3 is 2.34 bits per heavy atom. The van der Waals surface area contributed by atoms with E-state index in [4.69, 9.17) is 8.83 Å². The molecule has 5 rings (SSSR count). The van der Waals surface area contributed by atoms with Crippen LogP contribution in [-0.2, 0) is 6.54 Å². The third-order valence-electron chi connectivity index (χ3n) is 6.93. The van der Waals surface area contributed by atoms with E-state index in [1.54, 1.807) is 11.8 Å². The normalized spacial score (nSPS) is 21.1. The molecule has 11 heteroatoms. The Morgan fingerprint density at radius 1 is 1.14 bits per heavy atom. The lowest BCUT2D eigenvalue weighted by Crippen LogP contribution is -2.56. The lowest BCUT2D eigenvalue weighted by molar-refractivity contribution is 0.0694. The molecule has 9 nitrogen and oxygen atoms in total. The maximum absolute atomic E-state index is 16.0. The highest BCUT2D eigenvalue weighted by molar-refractivity contribution is 5.94. The van der Waals surface area contributed by atoms with Gasteiger partial charge in [0.1, 0.15) is 22.8 Å². The number of fused-ring (bicyclic) bond motifs is 1. The van der Waals surface area contributed by atoms with Gasteiger partial charge in [-0.3, -0.25) is 9.69 Å². The Hall–Kier alpha value is -3.47. The quantitative estimate of drug-likeness (QED) is 0.582. The average molecular weight is 489 g/mol. The van der Waals surface area contributed by atoms with Gasteiger partial charge in [0.25, 0.3) is 0 Å². The van der Waals surface area contributed by atoms with Crippen LogP contribution in [0.4, 0.5) is 14.5 Å². The molecular formula is C24H25F2N3O6. The molecule has 0 bridgehead atoms. The minimum atomic E-state index is -1.43. The van der Waals surface area contributed by atoms with Crippen molar-refractivity contribution in [1.29, 1.82) is 0 Å². The molecule has 1 saturated carbocycles. The van der Waals surface area contributed by atoms with Gasteiger partial charge in [0, 0.05) is 37.4 Å². The monoisotopic (exact) mass is 489 g/mol. The first-order valence-corrected chi connectivity index (χ1v) is 11.5. The van der Waals surface area contributed by atoms with E-state index in [1.165, 1.54) is 10.8 Å². The number of carbonyl (C=O) groups is 1. The predicted octanol–water partition coefficient (Wildman–Crippen LogP) is 3.27. The van der Waals surface area contributed by atoms with Gasteiger partial charge in [-0.25, -0.2) is 18.4 Å². The van der Waals surface area contributed by atoms with Gasteiger partial charge in [0.15, 0.2) is 11.6 Å². The molecule has 0 radical (unpaired) electrons. The van der Waals surface area contributed by atoms with Gasteiger partial charge in [-0.15, -0.1) is 0 Å². The zero-order chi connectivity index (χ0) is 25.2. The van der Waals surface area contributed by atoms with E-state index >= 15 is 8.78 Å². The minimum Gasteiger partial charge on any atom is -0.477 e. The van der Waals surface area contributed by atoms with Crippen LogP contribution < -0.4 is 16.2 Å². The van der Waals surface area contributed by atoms with Gasteiger partial charge in [0.05, 0.1) is 17.4 Å². The van der Waals surface area contributed by atoms with E-state index in [2.05, 4.69) is 4.90 Å². The molecule has 35 heavy (non-hydrogen) atoms. The van der Waals surface area contributed by atoms with Crippen LogP contribution in [0.25, 0.3) is 10.9 Å². The minimum absolute atomic E-state index is 0.0718. The first-order chi connectivity index (χ1) is 16.6. The summed E-state index contributed by atoms with van der Waals surface area (Å²) in [6.07, 6.45) is 2.61. The van der Waals surface area contributed by atoms with E-state index in [9.17, 15) is 19.5 Å². The average Bonchev–Trinajstić information content (AvgIpc) is 3.56. The molecule has 0 amide bonds. The molecule has 2 unspecified atom stereocenters. The van der Waals surface area contributed by atoms with Crippen molar-refractivity contribution in [2.45, 2.75) is 58.3 Å². The van der Waals surface area contributed by atoms with Gasteiger partial charge in [0.2, 0.25) is 5.43 Å². The van der Waals surface area contributed by atoms with Crippen LogP contribution in [0.2, 0.25) is 0 Å². The summed E-state index contributed by atoms with van der Waals surface area (Å²) in [5.74, 6) is -3.19. The molecule has 0 spiro atoms. The summed E-state index contributed by atoms with van der Waals surface area (Å²) in [4.78, 5) is 39.4. The molecule has 1 aliphatic carbocycles. The molecule has 1 aliphatic heterocycles. The number of aromatic carboxylic acids is 1. The number of benzene rings is 1.